The molecule has 25 heavy (non-hydrogen) atoms. The predicted molar refractivity (Wildman–Crippen MR) is 99.3 cm³/mol. The number of amides is 2. The number of thioether (sulfide) groups is 1. The second-order valence-corrected chi connectivity index (χ2v) is 7.15. The molecule has 0 spiro atoms. The van der Waals surface area contributed by atoms with Crippen molar-refractivity contribution >= 4 is 29.3 Å². The highest BCUT2D eigenvalue weighted by molar-refractivity contribution is 7.99. The maximum absolute atomic E-state index is 12.3. The number of nitriles is 1. The van der Waals surface area contributed by atoms with Crippen molar-refractivity contribution in [2.75, 3.05) is 37.8 Å². The molecule has 1 N–H and O–H groups in total. The summed E-state index contributed by atoms with van der Waals surface area (Å²) < 4.78 is 0. The number of carbonyl (C=O) groups excluding carboxylic acids is 2. The zero-order chi connectivity index (χ0) is 18.2. The second kappa shape index (κ2) is 9.44. The van der Waals surface area contributed by atoms with E-state index in [2.05, 4.69) is 16.3 Å². The van der Waals surface area contributed by atoms with Crippen LogP contribution in [0.25, 0.3) is 0 Å². The van der Waals surface area contributed by atoms with Crippen molar-refractivity contribution in [2.45, 2.75) is 30.7 Å². The number of hydrogen-bond donors (Lipinski definition) is 1. The molecular weight excluding hydrogens is 336 g/mol. The summed E-state index contributed by atoms with van der Waals surface area (Å²) in [6.07, 6.45) is 1.77. The molecule has 0 aliphatic carbocycles. The van der Waals surface area contributed by atoms with Gasteiger partial charge in [0.05, 0.1) is 24.1 Å². The van der Waals surface area contributed by atoms with Crippen LogP contribution in [0.15, 0.2) is 29.2 Å². The lowest BCUT2D eigenvalue weighted by Crippen LogP contribution is -2.46. The van der Waals surface area contributed by atoms with Crippen LogP contribution in [0.3, 0.4) is 0 Å². The third-order valence-corrected chi connectivity index (χ3v) is 5.36. The van der Waals surface area contributed by atoms with Gasteiger partial charge in [0, 0.05) is 38.0 Å². The molecule has 0 unspecified atom stereocenters. The minimum absolute atomic E-state index is 0.0524. The zero-order valence-electron chi connectivity index (χ0n) is 14.7. The Kier molecular flexibility index (Phi) is 7.29. The second-order valence-electron chi connectivity index (χ2n) is 6.13. The highest BCUT2D eigenvalue weighted by atomic mass is 32.2. The summed E-state index contributed by atoms with van der Waals surface area (Å²) in [5.74, 6) is 0.385. The van der Waals surface area contributed by atoms with Gasteiger partial charge in [-0.2, -0.15) is 5.26 Å². The Morgan fingerprint density at radius 2 is 2.04 bits per heavy atom. The van der Waals surface area contributed by atoms with E-state index in [0.29, 0.717) is 12.3 Å². The van der Waals surface area contributed by atoms with Crippen LogP contribution < -0.4 is 5.32 Å². The van der Waals surface area contributed by atoms with Gasteiger partial charge in [-0.25, -0.2) is 0 Å². The Hall–Kier alpha value is -2.04. The number of benzene rings is 1. The molecule has 134 valence electrons. The van der Waals surface area contributed by atoms with Gasteiger partial charge in [0.25, 0.3) is 0 Å². The van der Waals surface area contributed by atoms with Crippen molar-refractivity contribution in [1.29, 1.82) is 5.26 Å². The lowest BCUT2D eigenvalue weighted by Gasteiger charge is -2.36. The van der Waals surface area contributed by atoms with Crippen LogP contribution in [-0.4, -0.2) is 60.1 Å². The van der Waals surface area contributed by atoms with Gasteiger partial charge in [-0.1, -0.05) is 12.1 Å². The maximum atomic E-state index is 12.3. The molecule has 7 heteroatoms. The number of para-hydroxylation sites is 1. The normalized spacial score (nSPS) is 15.4. The molecule has 1 fully saturated rings. The van der Waals surface area contributed by atoms with Crippen LogP contribution in [0.4, 0.5) is 5.69 Å². The number of likely N-dealkylation sites (tertiary alicyclic amines) is 1. The Bertz CT molecular complexity index is 651. The Morgan fingerprint density at radius 3 is 2.68 bits per heavy atom. The van der Waals surface area contributed by atoms with Crippen LogP contribution in [0.5, 0.6) is 0 Å². The quantitative estimate of drug-likeness (QED) is 0.787. The number of rotatable bonds is 6. The van der Waals surface area contributed by atoms with E-state index in [1.165, 1.54) is 11.8 Å². The number of hydrogen-bond acceptors (Lipinski definition) is 5. The lowest BCUT2D eigenvalue weighted by atomic mass is 10.0. The van der Waals surface area contributed by atoms with Crippen molar-refractivity contribution in [3.8, 4) is 6.07 Å². The molecule has 1 aromatic rings. The largest absolute Gasteiger partial charge is 0.343 e. The van der Waals surface area contributed by atoms with E-state index in [1.807, 2.05) is 31.3 Å². The van der Waals surface area contributed by atoms with E-state index in [9.17, 15) is 9.59 Å². The first-order valence-corrected chi connectivity index (χ1v) is 9.34. The summed E-state index contributed by atoms with van der Waals surface area (Å²) in [5, 5.41) is 11.7. The topological polar surface area (TPSA) is 76.4 Å². The zero-order valence-corrected chi connectivity index (χ0v) is 15.5. The van der Waals surface area contributed by atoms with Crippen molar-refractivity contribution in [2.24, 2.45) is 0 Å². The van der Waals surface area contributed by atoms with E-state index in [1.54, 1.807) is 11.8 Å². The molecule has 0 bridgehead atoms. The minimum atomic E-state index is -0.0524. The van der Waals surface area contributed by atoms with Gasteiger partial charge in [0.2, 0.25) is 11.8 Å². The van der Waals surface area contributed by atoms with Gasteiger partial charge >= 0.3 is 0 Å². The van der Waals surface area contributed by atoms with Crippen LogP contribution in [0, 0.1) is 11.3 Å². The van der Waals surface area contributed by atoms with Gasteiger partial charge in [-0.05, 0) is 25.0 Å². The Labute approximate surface area is 153 Å². The summed E-state index contributed by atoms with van der Waals surface area (Å²) in [5.41, 5.74) is 0.749. The standard InChI is InChI=1S/C18H24N4O2S/c1-14(23)21(2)15-7-10-22(11-8-15)13-18(24)20-16-5-3-4-6-17(16)25-12-9-19/h3-6,15H,7-8,10-13H2,1-2H3,(H,20,24). The first-order valence-electron chi connectivity index (χ1n) is 8.35. The van der Waals surface area contributed by atoms with Gasteiger partial charge in [-0.15, -0.1) is 11.8 Å². The average Bonchev–Trinajstić information content (AvgIpc) is 2.61. The van der Waals surface area contributed by atoms with Gasteiger partial charge in [0.1, 0.15) is 0 Å². The number of piperidine rings is 1. The minimum Gasteiger partial charge on any atom is -0.343 e. The van der Waals surface area contributed by atoms with Crippen molar-refractivity contribution in [3.05, 3.63) is 24.3 Å². The van der Waals surface area contributed by atoms with Crippen molar-refractivity contribution in [1.82, 2.24) is 9.80 Å². The maximum Gasteiger partial charge on any atom is 0.238 e. The average molecular weight is 360 g/mol. The van der Waals surface area contributed by atoms with E-state index in [-0.39, 0.29) is 17.9 Å². The molecule has 0 atom stereocenters. The van der Waals surface area contributed by atoms with Crippen molar-refractivity contribution < 1.29 is 9.59 Å². The van der Waals surface area contributed by atoms with E-state index >= 15 is 0 Å². The van der Waals surface area contributed by atoms with Crippen molar-refractivity contribution in [3.63, 3.8) is 0 Å². The fourth-order valence-corrected chi connectivity index (χ4v) is 3.59. The van der Waals surface area contributed by atoms with E-state index in [0.717, 1.165) is 36.5 Å². The molecule has 1 saturated heterocycles. The highest BCUT2D eigenvalue weighted by Crippen LogP contribution is 2.26. The summed E-state index contributed by atoms with van der Waals surface area (Å²) >= 11 is 1.41. The smallest absolute Gasteiger partial charge is 0.238 e. The Balaban J connectivity index is 1.84. The Morgan fingerprint density at radius 1 is 1.36 bits per heavy atom. The van der Waals surface area contributed by atoms with Crippen LogP contribution >= 0.6 is 11.8 Å². The summed E-state index contributed by atoms with van der Waals surface area (Å²) in [6, 6.07) is 9.88. The first-order chi connectivity index (χ1) is 12.0. The van der Waals surface area contributed by atoms with Crippen LogP contribution in [0.1, 0.15) is 19.8 Å². The van der Waals surface area contributed by atoms with Gasteiger partial charge in [-0.3, -0.25) is 14.5 Å². The molecule has 1 heterocycles. The highest BCUT2D eigenvalue weighted by Gasteiger charge is 2.24. The number of nitrogens with zero attached hydrogens (tertiary/aromatic N) is 3. The number of nitrogens with one attached hydrogen (secondary N) is 1. The first kappa shape index (κ1) is 19.3. The molecule has 0 aromatic heterocycles. The monoisotopic (exact) mass is 360 g/mol. The van der Waals surface area contributed by atoms with Crippen LogP contribution in [-0.2, 0) is 9.59 Å². The summed E-state index contributed by atoms with van der Waals surface area (Å²) in [6.45, 7) is 3.54. The molecule has 1 aromatic carbocycles. The van der Waals surface area contributed by atoms with E-state index < -0.39 is 0 Å². The third-order valence-electron chi connectivity index (χ3n) is 4.42. The molecule has 0 radical (unpaired) electrons. The van der Waals surface area contributed by atoms with Crippen LogP contribution in [0.2, 0.25) is 0 Å². The predicted octanol–water partition coefficient (Wildman–Crippen LogP) is 2.18. The third kappa shape index (κ3) is 5.76. The molecule has 0 saturated carbocycles. The number of anilines is 1. The fraction of sp³-hybridized carbons (Fsp3) is 0.500. The fourth-order valence-electron chi connectivity index (χ4n) is 2.92. The summed E-state index contributed by atoms with van der Waals surface area (Å²) in [7, 11) is 1.84. The molecule has 2 rings (SSSR count). The molecule has 1 aliphatic heterocycles. The summed E-state index contributed by atoms with van der Waals surface area (Å²) in [4.78, 5) is 28.6. The molecule has 1 aliphatic rings. The number of carbonyl (C=O) groups is 2. The SMILES string of the molecule is CC(=O)N(C)C1CCN(CC(=O)Nc2ccccc2SCC#N)CC1. The van der Waals surface area contributed by atoms with Gasteiger partial charge < -0.3 is 10.2 Å². The van der Waals surface area contributed by atoms with E-state index in [4.69, 9.17) is 5.26 Å². The lowest BCUT2D eigenvalue weighted by molar-refractivity contribution is -0.130. The molecule has 2 amide bonds. The molecular formula is C18H24N4O2S. The van der Waals surface area contributed by atoms with Gasteiger partial charge in [0.15, 0.2) is 0 Å². The molecule has 6 nitrogen and oxygen atoms in total.